The summed E-state index contributed by atoms with van der Waals surface area (Å²) in [6, 6.07) is 2.18. The van der Waals surface area contributed by atoms with E-state index >= 15 is 0 Å². The summed E-state index contributed by atoms with van der Waals surface area (Å²) in [5.41, 5.74) is -0.138. The molecule has 20 heavy (non-hydrogen) atoms. The summed E-state index contributed by atoms with van der Waals surface area (Å²) >= 11 is 1.72. The van der Waals surface area contributed by atoms with Crippen molar-refractivity contribution in [2.45, 2.75) is 18.9 Å². The zero-order valence-corrected chi connectivity index (χ0v) is 12.3. The minimum Gasteiger partial charge on any atom is -0.378 e. The van der Waals surface area contributed by atoms with E-state index in [0.717, 1.165) is 48.8 Å². The molecule has 1 spiro atoms. The van der Waals surface area contributed by atoms with Crippen molar-refractivity contribution in [3.63, 3.8) is 0 Å². The minimum absolute atomic E-state index is 0.138. The third-order valence-corrected chi connectivity index (χ3v) is 5.01. The van der Waals surface area contributed by atoms with Crippen LogP contribution in [-0.2, 0) is 9.47 Å². The molecule has 2 fully saturated rings. The lowest BCUT2D eigenvalue weighted by Gasteiger charge is -2.40. The molecule has 2 saturated heterocycles. The van der Waals surface area contributed by atoms with E-state index in [9.17, 15) is 0 Å². The molecule has 2 aliphatic rings. The minimum atomic E-state index is -0.138. The largest absolute Gasteiger partial charge is 0.378 e. The molecular weight excluding hydrogens is 274 g/mol. The Morgan fingerprint density at radius 2 is 2.30 bits per heavy atom. The molecule has 4 rings (SSSR count). The molecule has 0 N–H and O–H groups in total. The first-order chi connectivity index (χ1) is 9.76. The predicted octanol–water partition coefficient (Wildman–Crippen LogP) is 2.00. The molecule has 0 amide bonds. The standard InChI is InChI=1S/C14H17N3O2S/c1-10-6-11-12(15-9-16-13(11)20-10)17-3-5-19-14(7-17)2-4-18-8-14/h6,9H,2-5,7-8H2,1H3. The molecule has 2 aromatic heterocycles. The number of ether oxygens (including phenoxy) is 2. The van der Waals surface area contributed by atoms with Crippen molar-refractivity contribution >= 4 is 27.4 Å². The average Bonchev–Trinajstić information content (AvgIpc) is 3.04. The molecule has 0 aliphatic carbocycles. The van der Waals surface area contributed by atoms with Crippen LogP contribution in [0.3, 0.4) is 0 Å². The Bertz CT molecular complexity index is 636. The van der Waals surface area contributed by atoms with Gasteiger partial charge >= 0.3 is 0 Å². The molecule has 0 saturated carbocycles. The van der Waals surface area contributed by atoms with Gasteiger partial charge in [-0.3, -0.25) is 0 Å². The van der Waals surface area contributed by atoms with E-state index in [1.165, 1.54) is 4.88 Å². The van der Waals surface area contributed by atoms with Crippen LogP contribution in [0.1, 0.15) is 11.3 Å². The van der Waals surface area contributed by atoms with Crippen LogP contribution in [-0.4, -0.2) is 48.5 Å². The van der Waals surface area contributed by atoms with Crippen LogP contribution < -0.4 is 4.90 Å². The first-order valence-electron chi connectivity index (χ1n) is 6.94. The summed E-state index contributed by atoms with van der Waals surface area (Å²) < 4.78 is 11.5. The molecule has 0 aromatic carbocycles. The molecular formula is C14H17N3O2S. The van der Waals surface area contributed by atoms with Gasteiger partial charge in [-0.1, -0.05) is 0 Å². The van der Waals surface area contributed by atoms with Gasteiger partial charge in [-0.2, -0.15) is 0 Å². The summed E-state index contributed by atoms with van der Waals surface area (Å²) in [4.78, 5) is 13.6. The lowest BCUT2D eigenvalue weighted by molar-refractivity contribution is -0.0580. The molecule has 6 heteroatoms. The fourth-order valence-electron chi connectivity index (χ4n) is 3.07. The van der Waals surface area contributed by atoms with Gasteiger partial charge in [-0.15, -0.1) is 11.3 Å². The van der Waals surface area contributed by atoms with Crippen LogP contribution in [0.25, 0.3) is 10.2 Å². The Balaban J connectivity index is 1.71. The van der Waals surface area contributed by atoms with E-state index in [1.54, 1.807) is 17.7 Å². The van der Waals surface area contributed by atoms with Crippen molar-refractivity contribution in [1.82, 2.24) is 9.97 Å². The highest BCUT2D eigenvalue weighted by Gasteiger charge is 2.41. The fraction of sp³-hybridized carbons (Fsp3) is 0.571. The molecule has 106 valence electrons. The Hall–Kier alpha value is -1.24. The van der Waals surface area contributed by atoms with Gasteiger partial charge in [0.25, 0.3) is 0 Å². The molecule has 2 aliphatic heterocycles. The topological polar surface area (TPSA) is 47.5 Å². The Morgan fingerprint density at radius 1 is 1.35 bits per heavy atom. The number of fused-ring (bicyclic) bond motifs is 1. The number of anilines is 1. The number of aryl methyl sites for hydroxylation is 1. The normalized spacial score (nSPS) is 26.8. The van der Waals surface area contributed by atoms with Crippen LogP contribution in [0.2, 0.25) is 0 Å². The molecule has 2 aromatic rings. The smallest absolute Gasteiger partial charge is 0.140 e. The third kappa shape index (κ3) is 1.99. The molecule has 0 radical (unpaired) electrons. The van der Waals surface area contributed by atoms with E-state index in [4.69, 9.17) is 9.47 Å². The SMILES string of the molecule is Cc1cc2c(N3CCOC4(CCOC4)C3)ncnc2s1. The van der Waals surface area contributed by atoms with Crippen molar-refractivity contribution in [2.24, 2.45) is 0 Å². The maximum absolute atomic E-state index is 5.99. The van der Waals surface area contributed by atoms with Gasteiger partial charge in [-0.25, -0.2) is 9.97 Å². The van der Waals surface area contributed by atoms with Crippen molar-refractivity contribution in [3.05, 3.63) is 17.3 Å². The van der Waals surface area contributed by atoms with E-state index < -0.39 is 0 Å². The lowest BCUT2D eigenvalue weighted by Crippen LogP contribution is -2.52. The fourth-order valence-corrected chi connectivity index (χ4v) is 3.91. The number of hydrogen-bond acceptors (Lipinski definition) is 6. The zero-order chi connectivity index (χ0) is 13.6. The highest BCUT2D eigenvalue weighted by Crippen LogP contribution is 2.34. The third-order valence-electron chi connectivity index (χ3n) is 4.05. The quantitative estimate of drug-likeness (QED) is 0.804. The van der Waals surface area contributed by atoms with Crippen LogP contribution in [0.4, 0.5) is 5.82 Å². The second kappa shape index (κ2) is 4.65. The van der Waals surface area contributed by atoms with Crippen LogP contribution in [0, 0.1) is 6.92 Å². The van der Waals surface area contributed by atoms with E-state index in [1.807, 2.05) is 0 Å². The highest BCUT2D eigenvalue weighted by molar-refractivity contribution is 7.18. The van der Waals surface area contributed by atoms with Crippen LogP contribution >= 0.6 is 11.3 Å². The van der Waals surface area contributed by atoms with Gasteiger partial charge < -0.3 is 14.4 Å². The number of rotatable bonds is 1. The van der Waals surface area contributed by atoms with Gasteiger partial charge in [0.2, 0.25) is 0 Å². The number of nitrogens with zero attached hydrogens (tertiary/aromatic N) is 3. The van der Waals surface area contributed by atoms with Crippen molar-refractivity contribution in [2.75, 3.05) is 37.8 Å². The second-order valence-electron chi connectivity index (χ2n) is 5.53. The summed E-state index contributed by atoms with van der Waals surface area (Å²) in [7, 11) is 0. The van der Waals surface area contributed by atoms with Crippen molar-refractivity contribution in [1.29, 1.82) is 0 Å². The van der Waals surface area contributed by atoms with Gasteiger partial charge in [-0.05, 0) is 13.0 Å². The monoisotopic (exact) mass is 291 g/mol. The van der Waals surface area contributed by atoms with E-state index in [2.05, 4.69) is 27.9 Å². The number of hydrogen-bond donors (Lipinski definition) is 0. The maximum Gasteiger partial charge on any atom is 0.140 e. The first kappa shape index (κ1) is 12.5. The Kier molecular flexibility index (Phi) is 2.90. The molecule has 1 atom stereocenters. The van der Waals surface area contributed by atoms with Crippen LogP contribution in [0.15, 0.2) is 12.4 Å². The van der Waals surface area contributed by atoms with Gasteiger partial charge in [0.15, 0.2) is 0 Å². The van der Waals surface area contributed by atoms with E-state index in [0.29, 0.717) is 6.61 Å². The van der Waals surface area contributed by atoms with Gasteiger partial charge in [0, 0.05) is 24.4 Å². The van der Waals surface area contributed by atoms with Crippen molar-refractivity contribution < 1.29 is 9.47 Å². The number of morpholine rings is 1. The second-order valence-corrected chi connectivity index (χ2v) is 6.76. The lowest BCUT2D eigenvalue weighted by atomic mass is 10.0. The Labute approximate surface area is 121 Å². The number of aromatic nitrogens is 2. The molecule has 4 heterocycles. The Morgan fingerprint density at radius 3 is 3.15 bits per heavy atom. The summed E-state index contributed by atoms with van der Waals surface area (Å²) in [5, 5.41) is 1.16. The summed E-state index contributed by atoms with van der Waals surface area (Å²) in [6.07, 6.45) is 2.64. The van der Waals surface area contributed by atoms with Crippen LogP contribution in [0.5, 0.6) is 0 Å². The predicted molar refractivity (Wildman–Crippen MR) is 78.5 cm³/mol. The zero-order valence-electron chi connectivity index (χ0n) is 11.5. The van der Waals surface area contributed by atoms with Gasteiger partial charge in [0.1, 0.15) is 22.6 Å². The highest BCUT2D eigenvalue weighted by atomic mass is 32.1. The molecule has 1 unspecified atom stereocenters. The average molecular weight is 291 g/mol. The summed E-state index contributed by atoms with van der Waals surface area (Å²) in [5.74, 6) is 1.04. The first-order valence-corrected chi connectivity index (χ1v) is 7.75. The maximum atomic E-state index is 5.99. The van der Waals surface area contributed by atoms with E-state index in [-0.39, 0.29) is 5.60 Å². The molecule has 5 nitrogen and oxygen atoms in total. The van der Waals surface area contributed by atoms with Gasteiger partial charge in [0.05, 0.1) is 25.1 Å². The van der Waals surface area contributed by atoms with Crippen molar-refractivity contribution in [3.8, 4) is 0 Å². The number of thiophene rings is 1. The molecule has 0 bridgehead atoms. The summed E-state index contributed by atoms with van der Waals surface area (Å²) in [6.45, 7) is 6.07.